The maximum Gasteiger partial charge on any atom is 0.254 e. The van der Waals surface area contributed by atoms with E-state index in [-0.39, 0.29) is 0 Å². The van der Waals surface area contributed by atoms with Crippen LogP contribution in [0.25, 0.3) is 0 Å². The van der Waals surface area contributed by atoms with Gasteiger partial charge >= 0.3 is 0 Å². The van der Waals surface area contributed by atoms with E-state index >= 15 is 0 Å². The smallest absolute Gasteiger partial charge is 0.254 e. The number of alkyl halides is 2. The summed E-state index contributed by atoms with van der Waals surface area (Å²) in [5.41, 5.74) is 6.69. The van der Waals surface area contributed by atoms with Crippen molar-refractivity contribution in [1.29, 1.82) is 0 Å². The van der Waals surface area contributed by atoms with Crippen molar-refractivity contribution in [3.05, 3.63) is 35.4 Å². The molecule has 0 fully saturated rings. The molecular weight excluding hydrogens is 198 g/mol. The fourth-order valence-corrected chi connectivity index (χ4v) is 1.66. The summed E-state index contributed by atoms with van der Waals surface area (Å²) in [6.45, 7) is 0.561. The number of fused-ring (bicyclic) bond motifs is 1. The molecule has 15 heavy (non-hydrogen) atoms. The van der Waals surface area contributed by atoms with Crippen molar-refractivity contribution in [1.82, 2.24) is 5.32 Å². The van der Waals surface area contributed by atoms with Crippen LogP contribution in [-0.2, 0) is 13.0 Å². The quantitative estimate of drug-likeness (QED) is 0.744. The van der Waals surface area contributed by atoms with Gasteiger partial charge in [-0.25, -0.2) is 8.78 Å². The lowest BCUT2D eigenvalue weighted by atomic mass is 9.96. The van der Waals surface area contributed by atoms with Crippen molar-refractivity contribution in [3.8, 4) is 0 Å². The van der Waals surface area contributed by atoms with Gasteiger partial charge in [0.2, 0.25) is 0 Å². The van der Waals surface area contributed by atoms with Crippen LogP contribution in [-0.4, -0.2) is 19.5 Å². The first kappa shape index (κ1) is 12.1. The monoisotopic (exact) mass is 214 g/mol. The first-order chi connectivity index (χ1) is 7.27. The van der Waals surface area contributed by atoms with Gasteiger partial charge in [-0.05, 0) is 24.6 Å². The van der Waals surface area contributed by atoms with E-state index in [1.54, 1.807) is 0 Å². The van der Waals surface area contributed by atoms with Crippen LogP contribution in [0.5, 0.6) is 0 Å². The third-order valence-electron chi connectivity index (χ3n) is 2.42. The highest BCUT2D eigenvalue weighted by molar-refractivity contribution is 5.29. The zero-order valence-corrected chi connectivity index (χ0v) is 8.71. The summed E-state index contributed by atoms with van der Waals surface area (Å²) in [6.07, 6.45) is -1.83. The first-order valence-corrected chi connectivity index (χ1v) is 4.93. The highest BCUT2D eigenvalue weighted by Gasteiger charge is 2.24. The molecule has 84 valence electrons. The largest absolute Gasteiger partial charge is 0.333 e. The number of nitrogens with two attached hydrogens (primary N) is 1. The normalized spacial score (nSPS) is 19.1. The van der Waals surface area contributed by atoms with Crippen molar-refractivity contribution in [2.24, 2.45) is 5.73 Å². The molecular formula is C11H16F2N2. The van der Waals surface area contributed by atoms with E-state index in [1.807, 2.05) is 24.3 Å². The second-order valence-corrected chi connectivity index (χ2v) is 3.29. The third-order valence-corrected chi connectivity index (χ3v) is 2.42. The Morgan fingerprint density at radius 3 is 2.47 bits per heavy atom. The van der Waals surface area contributed by atoms with Crippen LogP contribution in [0.3, 0.4) is 0 Å². The molecule has 3 N–H and O–H groups in total. The molecule has 0 aliphatic carbocycles. The van der Waals surface area contributed by atoms with Crippen LogP contribution in [0.1, 0.15) is 11.1 Å². The molecule has 4 heteroatoms. The van der Waals surface area contributed by atoms with Gasteiger partial charge in [-0.2, -0.15) is 0 Å². The summed E-state index contributed by atoms with van der Waals surface area (Å²) in [6, 6.07) is 7.06. The Morgan fingerprint density at radius 1 is 1.27 bits per heavy atom. The van der Waals surface area contributed by atoms with Crippen LogP contribution in [0.2, 0.25) is 0 Å². The Balaban J connectivity index is 0.000000531. The molecule has 1 aromatic carbocycles. The van der Waals surface area contributed by atoms with Crippen molar-refractivity contribution in [3.63, 3.8) is 0 Å². The van der Waals surface area contributed by atoms with Gasteiger partial charge in [-0.3, -0.25) is 0 Å². The number of rotatable bonds is 1. The fourth-order valence-electron chi connectivity index (χ4n) is 1.66. The van der Waals surface area contributed by atoms with Crippen LogP contribution < -0.4 is 11.1 Å². The third kappa shape index (κ3) is 2.97. The maximum atomic E-state index is 12.4. The Morgan fingerprint density at radius 2 is 1.87 bits per heavy atom. The van der Waals surface area contributed by atoms with Gasteiger partial charge in [-0.15, -0.1) is 0 Å². The van der Waals surface area contributed by atoms with Gasteiger partial charge in [0.1, 0.15) is 0 Å². The topological polar surface area (TPSA) is 38.0 Å². The Kier molecular flexibility index (Phi) is 4.65. The minimum Gasteiger partial charge on any atom is -0.333 e. The van der Waals surface area contributed by atoms with E-state index in [0.717, 1.165) is 11.1 Å². The summed E-state index contributed by atoms with van der Waals surface area (Å²) in [4.78, 5) is 0. The van der Waals surface area contributed by atoms with E-state index in [1.165, 1.54) is 7.05 Å². The lowest BCUT2D eigenvalue weighted by Gasteiger charge is -2.25. The molecule has 1 heterocycles. The molecule has 0 aromatic heterocycles. The molecule has 1 aliphatic rings. The molecule has 0 radical (unpaired) electrons. The van der Waals surface area contributed by atoms with Crippen molar-refractivity contribution < 1.29 is 8.78 Å². The van der Waals surface area contributed by atoms with Crippen LogP contribution >= 0.6 is 0 Å². The molecule has 2 nitrogen and oxygen atoms in total. The van der Waals surface area contributed by atoms with Gasteiger partial charge < -0.3 is 11.1 Å². The number of benzene rings is 1. The number of nitrogens with one attached hydrogen (secondary N) is 1. The molecule has 2 rings (SSSR count). The second-order valence-electron chi connectivity index (χ2n) is 3.29. The zero-order chi connectivity index (χ0) is 11.3. The lowest BCUT2D eigenvalue weighted by molar-refractivity contribution is 0.0942. The summed E-state index contributed by atoms with van der Waals surface area (Å²) >= 11 is 0. The van der Waals surface area contributed by atoms with E-state index in [2.05, 4.69) is 11.1 Å². The molecule has 0 amide bonds. The van der Waals surface area contributed by atoms with E-state index in [9.17, 15) is 8.78 Å². The van der Waals surface area contributed by atoms with Gasteiger partial charge in [0.05, 0.1) is 6.04 Å². The maximum absolute atomic E-state index is 12.4. The number of halogens is 2. The van der Waals surface area contributed by atoms with Crippen LogP contribution in [0.4, 0.5) is 8.78 Å². The fraction of sp³-hybridized carbons (Fsp3) is 0.455. The van der Waals surface area contributed by atoms with Gasteiger partial charge in [0, 0.05) is 6.54 Å². The molecule has 0 saturated heterocycles. The first-order valence-electron chi connectivity index (χ1n) is 4.93. The van der Waals surface area contributed by atoms with Gasteiger partial charge in [-0.1, -0.05) is 24.3 Å². The predicted octanol–water partition coefficient (Wildman–Crippen LogP) is 1.54. The van der Waals surface area contributed by atoms with Crippen LogP contribution in [0, 0.1) is 0 Å². The standard InChI is InChI=1S/C10H11F2N.CH5N/c11-10(12)9-5-7-3-1-2-4-8(7)6-13-9;1-2/h1-4,9-10,13H,5-6H2;2H2,1H3. The SMILES string of the molecule is CN.FC(F)C1Cc2ccccc2CN1. The molecule has 0 spiro atoms. The highest BCUT2D eigenvalue weighted by Crippen LogP contribution is 2.19. The average molecular weight is 214 g/mol. The minimum atomic E-state index is -2.27. The molecule has 1 atom stereocenters. The number of hydrogen-bond acceptors (Lipinski definition) is 2. The van der Waals surface area contributed by atoms with E-state index in [4.69, 9.17) is 0 Å². The zero-order valence-electron chi connectivity index (χ0n) is 8.71. The second kappa shape index (κ2) is 5.78. The summed E-state index contributed by atoms with van der Waals surface area (Å²) in [7, 11) is 1.50. The average Bonchev–Trinajstić information content (AvgIpc) is 2.31. The summed E-state index contributed by atoms with van der Waals surface area (Å²) in [5.74, 6) is 0. The van der Waals surface area contributed by atoms with E-state index in [0.29, 0.717) is 13.0 Å². The van der Waals surface area contributed by atoms with Crippen LogP contribution in [0.15, 0.2) is 24.3 Å². The molecule has 1 aliphatic heterocycles. The van der Waals surface area contributed by atoms with Crippen molar-refractivity contribution in [2.75, 3.05) is 7.05 Å². The van der Waals surface area contributed by atoms with Gasteiger partial charge in [0.25, 0.3) is 6.43 Å². The minimum absolute atomic E-state index is 0.438. The Labute approximate surface area is 88.5 Å². The van der Waals surface area contributed by atoms with Crippen molar-refractivity contribution in [2.45, 2.75) is 25.4 Å². The van der Waals surface area contributed by atoms with Crippen molar-refractivity contribution >= 4 is 0 Å². The van der Waals surface area contributed by atoms with E-state index < -0.39 is 12.5 Å². The Bertz CT molecular complexity index is 302. The molecule has 1 aromatic rings. The molecule has 0 bridgehead atoms. The summed E-state index contributed by atoms with van der Waals surface area (Å²) in [5, 5.41) is 2.82. The number of hydrogen-bond donors (Lipinski definition) is 2. The van der Waals surface area contributed by atoms with Gasteiger partial charge in [0.15, 0.2) is 0 Å². The molecule has 0 saturated carbocycles. The predicted molar refractivity (Wildman–Crippen MR) is 56.9 cm³/mol. The highest BCUT2D eigenvalue weighted by atomic mass is 19.3. The lowest BCUT2D eigenvalue weighted by Crippen LogP contribution is -2.40. The molecule has 1 unspecified atom stereocenters. The summed E-state index contributed by atoms with van der Waals surface area (Å²) < 4.78 is 24.7. The Hall–Kier alpha value is -1.00.